The Morgan fingerprint density at radius 3 is 2.83 bits per heavy atom. The van der Waals surface area contributed by atoms with Crippen molar-refractivity contribution in [3.63, 3.8) is 0 Å². The predicted octanol–water partition coefficient (Wildman–Crippen LogP) is -1.35. The number of piperidine rings is 1. The number of hydroxylamine groups is 3. The second kappa shape index (κ2) is 7.40. The monoisotopic (exact) mass is 352 g/mol. The molecule has 0 spiro atoms. The molecule has 11 nitrogen and oxygen atoms in total. The molecule has 3 amide bonds. The number of carbonyl (C=O) groups is 2. The molecule has 0 aromatic carbocycles. The molecule has 12 heteroatoms. The minimum Gasteiger partial charge on any atom is -0.320 e. The first-order chi connectivity index (χ1) is 10.8. The highest BCUT2D eigenvalue weighted by atomic mass is 32.3. The molecule has 0 aromatic heterocycles. The van der Waals surface area contributed by atoms with Gasteiger partial charge in [0.15, 0.2) is 0 Å². The van der Waals surface area contributed by atoms with Gasteiger partial charge < -0.3 is 10.2 Å². The largest absolute Gasteiger partial charge is 0.418 e. The van der Waals surface area contributed by atoms with Crippen LogP contribution in [0.1, 0.15) is 19.3 Å². The van der Waals surface area contributed by atoms with Gasteiger partial charge in [-0.05, 0) is 32.9 Å². The number of amides is 3. The molecule has 2 heterocycles. The summed E-state index contributed by atoms with van der Waals surface area (Å²) in [6, 6.07) is -2.07. The van der Waals surface area contributed by atoms with Gasteiger partial charge in [-0.2, -0.15) is 13.5 Å². The third-order valence-corrected chi connectivity index (χ3v) is 3.99. The molecule has 132 valence electrons. The van der Waals surface area contributed by atoms with E-state index >= 15 is 0 Å². The zero-order valence-corrected chi connectivity index (χ0v) is 13.4. The van der Waals surface area contributed by atoms with Gasteiger partial charge in [0.05, 0.1) is 12.6 Å². The lowest BCUT2D eigenvalue weighted by Gasteiger charge is -2.28. The van der Waals surface area contributed by atoms with Gasteiger partial charge in [-0.1, -0.05) is 0 Å². The average molecular weight is 352 g/mol. The van der Waals surface area contributed by atoms with E-state index in [1.54, 1.807) is 7.05 Å². The van der Waals surface area contributed by atoms with Crippen LogP contribution in [0.4, 0.5) is 4.79 Å². The molecule has 2 rings (SSSR count). The Kier molecular flexibility index (Phi) is 5.75. The molecule has 0 unspecified atom stereocenters. The quantitative estimate of drug-likeness (QED) is 0.277. The van der Waals surface area contributed by atoms with E-state index in [0.717, 1.165) is 6.54 Å². The summed E-state index contributed by atoms with van der Waals surface area (Å²) in [5.41, 5.74) is 2.29. The maximum atomic E-state index is 12.1. The second-order valence-corrected chi connectivity index (χ2v) is 6.29. The van der Waals surface area contributed by atoms with Crippen LogP contribution in [0.2, 0.25) is 0 Å². The smallest absolute Gasteiger partial charge is 0.320 e. The van der Waals surface area contributed by atoms with Crippen LogP contribution in [0, 0.1) is 0 Å². The van der Waals surface area contributed by atoms with Crippen LogP contribution in [-0.4, -0.2) is 73.7 Å². The number of nitrogens with one attached hydrogen (secondary N) is 2. The van der Waals surface area contributed by atoms with Gasteiger partial charge in [-0.15, -0.1) is 4.28 Å². The fourth-order valence-corrected chi connectivity index (χ4v) is 3.00. The Morgan fingerprint density at radius 2 is 2.17 bits per heavy atom. The average Bonchev–Trinajstić information content (AvgIpc) is 2.71. The van der Waals surface area contributed by atoms with Crippen LogP contribution in [0.15, 0.2) is 0 Å². The third kappa shape index (κ3) is 4.51. The summed E-state index contributed by atoms with van der Waals surface area (Å²) in [7, 11) is -2.99. The molecular formula is C11H20N4O7S. The Bertz CT molecular complexity index is 555. The minimum atomic E-state index is -4.79. The highest BCUT2D eigenvalue weighted by Gasteiger charge is 2.49. The molecule has 2 bridgehead atoms. The molecule has 2 fully saturated rings. The summed E-state index contributed by atoms with van der Waals surface area (Å²) in [4.78, 5) is 30.4. The minimum absolute atomic E-state index is 0.145. The molecule has 2 saturated heterocycles. The van der Waals surface area contributed by atoms with Crippen LogP contribution in [0.3, 0.4) is 0 Å². The molecule has 0 saturated carbocycles. The SMILES string of the molecule is CNCCCONC(=O)[C@@H]1CC[C@@H]2CN1C(=O)N2OS(=O)(=O)O. The number of rotatable bonds is 8. The van der Waals surface area contributed by atoms with E-state index in [-0.39, 0.29) is 6.54 Å². The molecule has 2 aliphatic rings. The first-order valence-corrected chi connectivity index (χ1v) is 8.53. The van der Waals surface area contributed by atoms with Crippen molar-refractivity contribution in [3.05, 3.63) is 0 Å². The third-order valence-electron chi connectivity index (χ3n) is 3.65. The molecule has 0 aromatic rings. The van der Waals surface area contributed by atoms with Crippen molar-refractivity contribution in [3.8, 4) is 0 Å². The molecule has 2 atom stereocenters. The van der Waals surface area contributed by atoms with Crippen LogP contribution in [0.5, 0.6) is 0 Å². The van der Waals surface area contributed by atoms with Gasteiger partial charge in [0.1, 0.15) is 6.04 Å². The zero-order chi connectivity index (χ0) is 17.0. The number of carbonyl (C=O) groups excluding carboxylic acids is 2. The van der Waals surface area contributed by atoms with Crippen LogP contribution in [-0.2, 0) is 24.3 Å². The van der Waals surface area contributed by atoms with Gasteiger partial charge >= 0.3 is 16.4 Å². The van der Waals surface area contributed by atoms with Gasteiger partial charge in [-0.3, -0.25) is 14.2 Å². The zero-order valence-electron chi connectivity index (χ0n) is 12.6. The fourth-order valence-electron chi connectivity index (χ4n) is 2.62. The lowest BCUT2D eigenvalue weighted by Crippen LogP contribution is -2.49. The number of nitrogens with zero attached hydrogens (tertiary/aromatic N) is 2. The van der Waals surface area contributed by atoms with E-state index in [1.807, 2.05) is 0 Å². The van der Waals surface area contributed by atoms with E-state index in [0.29, 0.717) is 30.9 Å². The van der Waals surface area contributed by atoms with Crippen LogP contribution in [0.25, 0.3) is 0 Å². The second-order valence-electron chi connectivity index (χ2n) is 5.28. The van der Waals surface area contributed by atoms with E-state index in [9.17, 15) is 18.0 Å². The number of hydrogen-bond donors (Lipinski definition) is 3. The van der Waals surface area contributed by atoms with Crippen molar-refractivity contribution in [1.29, 1.82) is 0 Å². The fraction of sp³-hybridized carbons (Fsp3) is 0.818. The van der Waals surface area contributed by atoms with Crippen molar-refractivity contribution in [2.24, 2.45) is 0 Å². The molecule has 0 radical (unpaired) electrons. The maximum Gasteiger partial charge on any atom is 0.418 e. The Balaban J connectivity index is 1.89. The highest BCUT2D eigenvalue weighted by molar-refractivity contribution is 7.80. The first kappa shape index (κ1) is 17.9. The Hall–Kier alpha value is -1.47. The van der Waals surface area contributed by atoms with Gasteiger partial charge in [-0.25, -0.2) is 10.3 Å². The van der Waals surface area contributed by atoms with Crippen LogP contribution < -0.4 is 10.8 Å². The normalized spacial score (nSPS) is 24.2. The maximum absolute atomic E-state index is 12.1. The Morgan fingerprint density at radius 1 is 1.43 bits per heavy atom. The van der Waals surface area contributed by atoms with Crippen LogP contribution >= 0.6 is 0 Å². The predicted molar refractivity (Wildman–Crippen MR) is 76.0 cm³/mol. The van der Waals surface area contributed by atoms with Crippen molar-refractivity contribution >= 4 is 22.3 Å². The molecule has 23 heavy (non-hydrogen) atoms. The summed E-state index contributed by atoms with van der Waals surface area (Å²) in [6.45, 7) is 1.22. The molecule has 0 aliphatic carbocycles. The summed E-state index contributed by atoms with van der Waals surface area (Å²) in [5, 5.41) is 3.53. The van der Waals surface area contributed by atoms with Crippen molar-refractivity contribution in [2.75, 3.05) is 26.7 Å². The lowest BCUT2D eigenvalue weighted by atomic mass is 10.0. The van der Waals surface area contributed by atoms with Crippen molar-refractivity contribution in [1.82, 2.24) is 20.8 Å². The topological polar surface area (TPSA) is 138 Å². The highest BCUT2D eigenvalue weighted by Crippen LogP contribution is 2.30. The van der Waals surface area contributed by atoms with Gasteiger partial charge in [0.25, 0.3) is 5.91 Å². The molecule has 2 aliphatic heterocycles. The van der Waals surface area contributed by atoms with E-state index in [1.165, 1.54) is 4.90 Å². The number of urea groups is 1. The lowest BCUT2D eigenvalue weighted by molar-refractivity contribution is -0.138. The van der Waals surface area contributed by atoms with E-state index < -0.39 is 34.4 Å². The van der Waals surface area contributed by atoms with Gasteiger partial charge in [0.2, 0.25) is 0 Å². The van der Waals surface area contributed by atoms with E-state index in [2.05, 4.69) is 15.1 Å². The summed E-state index contributed by atoms with van der Waals surface area (Å²) < 4.78 is 34.6. The summed E-state index contributed by atoms with van der Waals surface area (Å²) >= 11 is 0. The first-order valence-electron chi connectivity index (χ1n) is 7.16. The summed E-state index contributed by atoms with van der Waals surface area (Å²) in [6.07, 6.45) is 1.42. The Labute approximate surface area is 133 Å². The van der Waals surface area contributed by atoms with Crippen molar-refractivity contribution in [2.45, 2.75) is 31.3 Å². The van der Waals surface area contributed by atoms with Crippen molar-refractivity contribution < 1.29 is 31.7 Å². The molecular weight excluding hydrogens is 332 g/mol. The summed E-state index contributed by atoms with van der Waals surface area (Å²) in [5.74, 6) is -0.477. The van der Waals surface area contributed by atoms with Gasteiger partial charge in [0, 0.05) is 6.54 Å². The molecule has 3 N–H and O–H groups in total. The standard InChI is InChI=1S/C11H20N4O7S/c1-12-5-2-6-21-13-10(16)9-4-3-8-7-14(9)11(17)15(8)22-23(18,19)20/h8-9,12H,2-7H2,1H3,(H,13,16)(H,18,19,20)/t8-,9+/m1/s1. The number of hydrogen-bond acceptors (Lipinski definition) is 7. The van der Waals surface area contributed by atoms with E-state index in [4.69, 9.17) is 9.39 Å². The number of fused-ring (bicyclic) bond motifs is 2.